The molecule has 0 saturated carbocycles. The lowest BCUT2D eigenvalue weighted by Crippen LogP contribution is -2.58. The summed E-state index contributed by atoms with van der Waals surface area (Å²) in [4.78, 5) is 76.6. The first-order chi connectivity index (χ1) is 17.5. The lowest BCUT2D eigenvalue weighted by Gasteiger charge is -2.23. The molecule has 0 heterocycles. The minimum atomic E-state index is -1.46. The average Bonchev–Trinajstić information content (AvgIpc) is 2.78. The van der Waals surface area contributed by atoms with E-state index in [9.17, 15) is 33.9 Å². The maximum atomic E-state index is 12.7. The second-order valence-electron chi connectivity index (χ2n) is 9.28. The molecular weight excluding hydrogens is 502 g/mol. The Labute approximate surface area is 221 Å². The van der Waals surface area contributed by atoms with E-state index in [0.29, 0.717) is 6.42 Å². The zero-order valence-electron chi connectivity index (χ0n) is 22.2. The van der Waals surface area contributed by atoms with Gasteiger partial charge in [-0.05, 0) is 39.0 Å². The molecule has 0 aromatic rings. The van der Waals surface area contributed by atoms with Gasteiger partial charge in [-0.1, -0.05) is 13.8 Å². The maximum Gasteiger partial charge on any atom is 0.326 e. The van der Waals surface area contributed by atoms with Crippen LogP contribution in [-0.4, -0.2) is 83.3 Å². The molecule has 5 atom stereocenters. The van der Waals surface area contributed by atoms with E-state index in [1.54, 1.807) is 0 Å². The van der Waals surface area contributed by atoms with E-state index < -0.39 is 72.1 Å². The molecule has 0 aliphatic carbocycles. The second-order valence-corrected chi connectivity index (χ2v) is 9.28. The number of nitrogens with one attached hydrogen (secondary N) is 4. The standard InChI is InChI=1S/C22H41N9O7/c1-10(2)8-13(23)19(35)28-11(3)18(34)31-15(9-16(24)32)20(36)29-12(4)17(33)30-14(21(37)38)6-5-7-27-22(25)26/h10-15H,5-9,23H2,1-4H3,(H2,24,32)(H,28,35)(H,29,36)(H,30,33)(H,31,34)(H,37,38)(H4,25,26,27)/t11-,12-,13-,14-,15-/m0/s1. The molecule has 216 valence electrons. The first kappa shape index (κ1) is 34.0. The molecule has 0 aliphatic rings. The molecule has 0 spiro atoms. The first-order valence-corrected chi connectivity index (χ1v) is 12.1. The minimum absolute atomic E-state index is 0.0172. The largest absolute Gasteiger partial charge is 0.480 e. The van der Waals surface area contributed by atoms with E-state index in [1.807, 2.05) is 13.8 Å². The third kappa shape index (κ3) is 14.0. The van der Waals surface area contributed by atoms with Gasteiger partial charge < -0.3 is 49.3 Å². The molecule has 16 nitrogen and oxygen atoms in total. The molecule has 0 aromatic carbocycles. The van der Waals surface area contributed by atoms with E-state index in [-0.39, 0.29) is 31.3 Å². The highest BCUT2D eigenvalue weighted by Crippen LogP contribution is 2.04. The number of guanidine groups is 1. The predicted molar refractivity (Wildman–Crippen MR) is 138 cm³/mol. The van der Waals surface area contributed by atoms with Crippen molar-refractivity contribution in [2.24, 2.45) is 33.8 Å². The van der Waals surface area contributed by atoms with Crippen molar-refractivity contribution < 1.29 is 33.9 Å². The molecule has 0 saturated heterocycles. The predicted octanol–water partition coefficient (Wildman–Crippen LogP) is -3.65. The zero-order chi connectivity index (χ0) is 29.6. The van der Waals surface area contributed by atoms with Crippen LogP contribution in [0, 0.1) is 5.92 Å². The van der Waals surface area contributed by atoms with Gasteiger partial charge >= 0.3 is 5.97 Å². The van der Waals surface area contributed by atoms with Crippen molar-refractivity contribution in [3.63, 3.8) is 0 Å². The van der Waals surface area contributed by atoms with Gasteiger partial charge in [-0.3, -0.25) is 29.0 Å². The zero-order valence-corrected chi connectivity index (χ0v) is 22.2. The van der Waals surface area contributed by atoms with Gasteiger partial charge in [0.2, 0.25) is 29.5 Å². The van der Waals surface area contributed by atoms with E-state index >= 15 is 0 Å². The number of carbonyl (C=O) groups is 6. The highest BCUT2D eigenvalue weighted by atomic mass is 16.4. The van der Waals surface area contributed by atoms with Crippen LogP contribution >= 0.6 is 0 Å². The molecule has 13 N–H and O–H groups in total. The summed E-state index contributed by atoms with van der Waals surface area (Å²) in [5, 5.41) is 18.7. The number of hydrogen-bond donors (Lipinski definition) is 9. The monoisotopic (exact) mass is 543 g/mol. The topological polar surface area (TPSA) is 287 Å². The maximum absolute atomic E-state index is 12.7. The van der Waals surface area contributed by atoms with E-state index in [4.69, 9.17) is 22.9 Å². The molecule has 0 aliphatic heterocycles. The number of nitrogens with zero attached hydrogens (tertiary/aromatic N) is 1. The second kappa shape index (κ2) is 16.7. The molecular formula is C22H41N9O7. The fourth-order valence-corrected chi connectivity index (χ4v) is 3.15. The van der Waals surface area contributed by atoms with Crippen LogP contribution < -0.4 is 44.2 Å². The Morgan fingerprint density at radius 1 is 0.763 bits per heavy atom. The summed E-state index contributed by atoms with van der Waals surface area (Å²) in [5.74, 6) is -5.31. The number of nitrogens with two attached hydrogens (primary N) is 4. The van der Waals surface area contributed by atoms with Crippen LogP contribution in [0.25, 0.3) is 0 Å². The Balaban J connectivity index is 5.14. The van der Waals surface area contributed by atoms with Crippen LogP contribution in [0.15, 0.2) is 4.99 Å². The smallest absolute Gasteiger partial charge is 0.326 e. The van der Waals surface area contributed by atoms with Gasteiger partial charge in [-0.2, -0.15) is 0 Å². The fourth-order valence-electron chi connectivity index (χ4n) is 3.15. The van der Waals surface area contributed by atoms with Crippen molar-refractivity contribution in [2.45, 2.75) is 83.6 Å². The minimum Gasteiger partial charge on any atom is -0.480 e. The summed E-state index contributed by atoms with van der Waals surface area (Å²) < 4.78 is 0. The highest BCUT2D eigenvalue weighted by molar-refractivity contribution is 5.97. The first-order valence-electron chi connectivity index (χ1n) is 12.1. The van der Waals surface area contributed by atoms with Crippen LogP contribution in [0.4, 0.5) is 0 Å². The Morgan fingerprint density at radius 3 is 1.71 bits per heavy atom. The summed E-state index contributed by atoms with van der Waals surface area (Å²) >= 11 is 0. The molecule has 0 rings (SSSR count). The van der Waals surface area contributed by atoms with E-state index in [1.165, 1.54) is 13.8 Å². The lowest BCUT2D eigenvalue weighted by atomic mass is 10.0. The van der Waals surface area contributed by atoms with Crippen LogP contribution in [0.3, 0.4) is 0 Å². The van der Waals surface area contributed by atoms with Gasteiger partial charge in [-0.15, -0.1) is 0 Å². The van der Waals surface area contributed by atoms with Crippen molar-refractivity contribution in [3.05, 3.63) is 0 Å². The molecule has 16 heteroatoms. The molecule has 0 bridgehead atoms. The number of primary amides is 1. The van der Waals surface area contributed by atoms with Gasteiger partial charge in [0.05, 0.1) is 12.5 Å². The number of carbonyl (C=O) groups excluding carboxylic acids is 5. The summed E-state index contributed by atoms with van der Waals surface area (Å²) in [5.41, 5.74) is 21.4. The van der Waals surface area contributed by atoms with Crippen LogP contribution in [-0.2, 0) is 28.8 Å². The summed E-state index contributed by atoms with van der Waals surface area (Å²) in [7, 11) is 0. The molecule has 5 amide bonds. The Kier molecular flexibility index (Phi) is 15.0. The summed E-state index contributed by atoms with van der Waals surface area (Å²) in [6, 6.07) is -5.91. The Bertz CT molecular complexity index is 890. The van der Waals surface area contributed by atoms with Crippen molar-refractivity contribution >= 4 is 41.5 Å². The van der Waals surface area contributed by atoms with Gasteiger partial charge in [0.1, 0.15) is 24.2 Å². The third-order valence-corrected chi connectivity index (χ3v) is 5.16. The fraction of sp³-hybridized carbons (Fsp3) is 0.682. The summed E-state index contributed by atoms with van der Waals surface area (Å²) in [6.07, 6.45) is 0.0802. The number of aliphatic carboxylic acids is 1. The SMILES string of the molecule is CC(C)C[C@H](N)C(=O)N[C@@H](C)C(=O)N[C@@H](CC(N)=O)C(=O)N[C@@H](C)C(=O)N[C@@H](CCCN=C(N)N)C(=O)O. The number of aliphatic imine (C=N–C) groups is 1. The van der Waals surface area contributed by atoms with Gasteiger partial charge in [0.15, 0.2) is 5.96 Å². The molecule has 38 heavy (non-hydrogen) atoms. The molecule has 0 aromatic heterocycles. The van der Waals surface area contributed by atoms with Gasteiger partial charge in [0.25, 0.3) is 0 Å². The van der Waals surface area contributed by atoms with Gasteiger partial charge in [0, 0.05) is 6.54 Å². The average molecular weight is 544 g/mol. The highest BCUT2D eigenvalue weighted by Gasteiger charge is 2.30. The van der Waals surface area contributed by atoms with Gasteiger partial charge in [-0.25, -0.2) is 4.79 Å². The molecule has 0 fully saturated rings. The van der Waals surface area contributed by atoms with Crippen molar-refractivity contribution in [3.8, 4) is 0 Å². The normalized spacial score (nSPS) is 14.7. The number of amides is 5. The van der Waals surface area contributed by atoms with Crippen LogP contribution in [0.2, 0.25) is 0 Å². The quantitative estimate of drug-likeness (QED) is 0.0492. The van der Waals surface area contributed by atoms with Crippen molar-refractivity contribution in [1.82, 2.24) is 21.3 Å². The number of hydrogen-bond acceptors (Lipinski definition) is 8. The van der Waals surface area contributed by atoms with Crippen molar-refractivity contribution in [1.29, 1.82) is 0 Å². The third-order valence-electron chi connectivity index (χ3n) is 5.16. The van der Waals surface area contributed by atoms with Crippen LogP contribution in [0.1, 0.15) is 53.4 Å². The Morgan fingerprint density at radius 2 is 1.26 bits per heavy atom. The number of carboxylic acids is 1. The van der Waals surface area contributed by atoms with E-state index in [2.05, 4.69) is 26.3 Å². The van der Waals surface area contributed by atoms with Crippen LogP contribution in [0.5, 0.6) is 0 Å². The molecule has 0 radical (unpaired) electrons. The Hall–Kier alpha value is -3.95. The number of rotatable bonds is 17. The van der Waals surface area contributed by atoms with E-state index in [0.717, 1.165) is 0 Å². The lowest BCUT2D eigenvalue weighted by molar-refractivity contribution is -0.142. The number of carboxylic acid groups (broad SMARTS) is 1. The summed E-state index contributed by atoms with van der Waals surface area (Å²) in [6.45, 7) is 6.58. The van der Waals surface area contributed by atoms with Crippen molar-refractivity contribution in [2.75, 3.05) is 6.54 Å². The molecule has 0 unspecified atom stereocenters.